The monoisotopic (exact) mass is 287 g/mol. The summed E-state index contributed by atoms with van der Waals surface area (Å²) < 4.78 is 13.5. The van der Waals surface area contributed by atoms with Crippen LogP contribution in [0.4, 0.5) is 4.39 Å². The fraction of sp³-hybridized carbons (Fsp3) is 0.385. The molecule has 2 N–H and O–H groups in total. The Bertz CT molecular complexity index is 473. The molecule has 0 heterocycles. The molecule has 0 spiro atoms. The van der Waals surface area contributed by atoms with Gasteiger partial charge in [-0.05, 0) is 18.1 Å². The van der Waals surface area contributed by atoms with E-state index in [1.807, 2.05) is 6.92 Å². The van der Waals surface area contributed by atoms with E-state index in [4.69, 9.17) is 16.7 Å². The molecule has 0 fully saturated rings. The Labute approximate surface area is 115 Å². The van der Waals surface area contributed by atoms with Crippen molar-refractivity contribution in [3.63, 3.8) is 0 Å². The number of aliphatic carboxylic acids is 1. The maximum atomic E-state index is 13.5. The summed E-state index contributed by atoms with van der Waals surface area (Å²) in [5, 5.41) is 11.3. The average molecular weight is 288 g/mol. The topological polar surface area (TPSA) is 66.4 Å². The molecule has 0 aromatic heterocycles. The third kappa shape index (κ3) is 3.67. The Morgan fingerprint density at radius 2 is 2.11 bits per heavy atom. The standard InChI is InChI=1S/C13H15ClFNO3/c1-3-7(2)11(13(18)19)16-12(17)10-8(14)5-4-6-9(10)15/h4-7,11H,3H2,1-2H3,(H,16,17)(H,18,19)/t7-,11-/m0/s1. The number of amides is 1. The van der Waals surface area contributed by atoms with Crippen LogP contribution in [0.5, 0.6) is 0 Å². The van der Waals surface area contributed by atoms with Crippen LogP contribution in [0.25, 0.3) is 0 Å². The molecule has 0 saturated heterocycles. The van der Waals surface area contributed by atoms with E-state index in [-0.39, 0.29) is 16.5 Å². The van der Waals surface area contributed by atoms with E-state index in [2.05, 4.69) is 5.32 Å². The van der Waals surface area contributed by atoms with Crippen LogP contribution in [0, 0.1) is 11.7 Å². The lowest BCUT2D eigenvalue weighted by molar-refractivity contribution is -0.140. The van der Waals surface area contributed by atoms with E-state index >= 15 is 0 Å². The van der Waals surface area contributed by atoms with Gasteiger partial charge in [0.2, 0.25) is 0 Å². The molecule has 4 nitrogen and oxygen atoms in total. The van der Waals surface area contributed by atoms with E-state index < -0.39 is 23.7 Å². The second-order valence-corrected chi connectivity index (χ2v) is 4.68. The number of nitrogens with one attached hydrogen (secondary N) is 1. The minimum Gasteiger partial charge on any atom is -0.480 e. The van der Waals surface area contributed by atoms with E-state index in [1.54, 1.807) is 6.92 Å². The maximum absolute atomic E-state index is 13.5. The highest BCUT2D eigenvalue weighted by Crippen LogP contribution is 2.19. The van der Waals surface area contributed by atoms with Crippen LogP contribution in [-0.4, -0.2) is 23.0 Å². The highest BCUT2D eigenvalue weighted by atomic mass is 35.5. The molecule has 1 amide bonds. The van der Waals surface area contributed by atoms with E-state index in [9.17, 15) is 14.0 Å². The van der Waals surface area contributed by atoms with Crippen molar-refractivity contribution >= 4 is 23.5 Å². The van der Waals surface area contributed by atoms with Crippen molar-refractivity contribution in [1.82, 2.24) is 5.32 Å². The summed E-state index contributed by atoms with van der Waals surface area (Å²) in [5.74, 6) is -3.03. The first-order valence-electron chi connectivity index (χ1n) is 5.86. The van der Waals surface area contributed by atoms with Crippen molar-refractivity contribution < 1.29 is 19.1 Å². The van der Waals surface area contributed by atoms with Crippen LogP contribution < -0.4 is 5.32 Å². The number of rotatable bonds is 5. The molecule has 1 aromatic carbocycles. The van der Waals surface area contributed by atoms with Gasteiger partial charge in [0.05, 0.1) is 10.6 Å². The van der Waals surface area contributed by atoms with Gasteiger partial charge in [0.1, 0.15) is 11.9 Å². The molecule has 19 heavy (non-hydrogen) atoms. The fourth-order valence-electron chi connectivity index (χ4n) is 1.61. The highest BCUT2D eigenvalue weighted by Gasteiger charge is 2.27. The van der Waals surface area contributed by atoms with Gasteiger partial charge in [-0.1, -0.05) is 37.9 Å². The van der Waals surface area contributed by atoms with Crippen LogP contribution >= 0.6 is 11.6 Å². The number of carbonyl (C=O) groups is 2. The average Bonchev–Trinajstić information content (AvgIpc) is 2.34. The van der Waals surface area contributed by atoms with E-state index in [0.29, 0.717) is 6.42 Å². The molecular weight excluding hydrogens is 273 g/mol. The number of hydrogen-bond acceptors (Lipinski definition) is 2. The number of carbonyl (C=O) groups excluding carboxylic acids is 1. The SMILES string of the molecule is CC[C@H](C)[C@H](NC(=O)c1c(F)cccc1Cl)C(=O)O. The molecule has 104 valence electrons. The fourth-order valence-corrected chi connectivity index (χ4v) is 1.86. The van der Waals surface area contributed by atoms with Crippen LogP contribution in [0.2, 0.25) is 5.02 Å². The molecule has 0 bridgehead atoms. The summed E-state index contributed by atoms with van der Waals surface area (Å²) in [5.41, 5.74) is -0.335. The quantitative estimate of drug-likeness (QED) is 0.875. The molecule has 6 heteroatoms. The minimum atomic E-state index is -1.16. The number of halogens is 2. The lowest BCUT2D eigenvalue weighted by atomic mass is 9.99. The van der Waals surface area contributed by atoms with Gasteiger partial charge < -0.3 is 10.4 Å². The molecule has 2 atom stereocenters. The van der Waals surface area contributed by atoms with Crippen molar-refractivity contribution in [2.45, 2.75) is 26.3 Å². The lowest BCUT2D eigenvalue weighted by Crippen LogP contribution is -2.45. The van der Waals surface area contributed by atoms with E-state index in [1.165, 1.54) is 12.1 Å². The second kappa shape index (κ2) is 6.52. The van der Waals surface area contributed by atoms with Crippen LogP contribution in [0.3, 0.4) is 0 Å². The number of hydrogen-bond donors (Lipinski definition) is 2. The zero-order valence-electron chi connectivity index (χ0n) is 10.6. The normalized spacial score (nSPS) is 13.7. The van der Waals surface area contributed by atoms with Crippen molar-refractivity contribution in [2.75, 3.05) is 0 Å². The zero-order chi connectivity index (χ0) is 14.6. The van der Waals surface area contributed by atoms with Crippen LogP contribution in [0.1, 0.15) is 30.6 Å². The van der Waals surface area contributed by atoms with Crippen molar-refractivity contribution in [3.8, 4) is 0 Å². The van der Waals surface area contributed by atoms with Crippen molar-refractivity contribution in [2.24, 2.45) is 5.92 Å². The third-order valence-corrected chi connectivity index (χ3v) is 3.27. The molecular formula is C13H15ClFNO3. The zero-order valence-corrected chi connectivity index (χ0v) is 11.4. The minimum absolute atomic E-state index is 0.0502. The first-order valence-corrected chi connectivity index (χ1v) is 6.24. The van der Waals surface area contributed by atoms with Crippen LogP contribution in [0.15, 0.2) is 18.2 Å². The summed E-state index contributed by atoms with van der Waals surface area (Å²) in [6.45, 7) is 3.50. The van der Waals surface area contributed by atoms with Gasteiger partial charge in [-0.25, -0.2) is 9.18 Å². The largest absolute Gasteiger partial charge is 0.480 e. The van der Waals surface area contributed by atoms with Crippen molar-refractivity contribution in [3.05, 3.63) is 34.6 Å². The summed E-state index contributed by atoms with van der Waals surface area (Å²) in [6.07, 6.45) is 0.572. The molecule has 0 saturated carbocycles. The molecule has 0 unspecified atom stereocenters. The summed E-state index contributed by atoms with van der Waals surface area (Å²) >= 11 is 5.75. The number of benzene rings is 1. The summed E-state index contributed by atoms with van der Waals surface area (Å²) in [6, 6.07) is 2.77. The number of carboxylic acid groups (broad SMARTS) is 1. The third-order valence-electron chi connectivity index (χ3n) is 2.96. The predicted octanol–water partition coefficient (Wildman–Crippen LogP) is 2.71. The molecule has 1 aromatic rings. The summed E-state index contributed by atoms with van der Waals surface area (Å²) in [4.78, 5) is 23.0. The maximum Gasteiger partial charge on any atom is 0.326 e. The van der Waals surface area contributed by atoms with Gasteiger partial charge in [0, 0.05) is 0 Å². The van der Waals surface area contributed by atoms with E-state index in [0.717, 1.165) is 6.07 Å². The Morgan fingerprint density at radius 1 is 1.47 bits per heavy atom. The Morgan fingerprint density at radius 3 is 2.58 bits per heavy atom. The first kappa shape index (κ1) is 15.4. The Balaban J connectivity index is 2.98. The molecule has 0 aliphatic rings. The predicted molar refractivity (Wildman–Crippen MR) is 69.8 cm³/mol. The second-order valence-electron chi connectivity index (χ2n) is 4.27. The lowest BCUT2D eigenvalue weighted by Gasteiger charge is -2.20. The van der Waals surface area contributed by atoms with Gasteiger partial charge in [0.25, 0.3) is 5.91 Å². The van der Waals surface area contributed by atoms with Gasteiger partial charge >= 0.3 is 5.97 Å². The smallest absolute Gasteiger partial charge is 0.326 e. The molecule has 0 aliphatic carbocycles. The first-order chi connectivity index (χ1) is 8.88. The van der Waals surface area contributed by atoms with Crippen LogP contribution in [-0.2, 0) is 4.79 Å². The van der Waals surface area contributed by atoms with Crippen molar-refractivity contribution in [1.29, 1.82) is 0 Å². The number of carboxylic acids is 1. The molecule has 0 radical (unpaired) electrons. The van der Waals surface area contributed by atoms with Gasteiger partial charge in [-0.3, -0.25) is 4.79 Å². The molecule has 1 rings (SSSR count). The van der Waals surface area contributed by atoms with Gasteiger partial charge in [0.15, 0.2) is 0 Å². The Kier molecular flexibility index (Phi) is 5.30. The highest BCUT2D eigenvalue weighted by molar-refractivity contribution is 6.33. The summed E-state index contributed by atoms with van der Waals surface area (Å²) in [7, 11) is 0. The Hall–Kier alpha value is -1.62. The van der Waals surface area contributed by atoms with Gasteiger partial charge in [-0.2, -0.15) is 0 Å². The molecule has 0 aliphatic heterocycles. The van der Waals surface area contributed by atoms with Gasteiger partial charge in [-0.15, -0.1) is 0 Å².